The summed E-state index contributed by atoms with van der Waals surface area (Å²) in [5.41, 5.74) is 3.61. The molecule has 1 aliphatic carbocycles. The van der Waals surface area contributed by atoms with Gasteiger partial charge in [0, 0.05) is 16.1 Å². The molecule has 2 aromatic rings. The summed E-state index contributed by atoms with van der Waals surface area (Å²) in [6, 6.07) is 0. The predicted octanol–water partition coefficient (Wildman–Crippen LogP) is 3.81. The van der Waals surface area contributed by atoms with Crippen LogP contribution < -0.4 is 5.32 Å². The monoisotopic (exact) mass is 331 g/mol. The zero-order valence-corrected chi connectivity index (χ0v) is 14.5. The van der Waals surface area contributed by atoms with E-state index in [1.807, 2.05) is 6.92 Å². The lowest BCUT2D eigenvalue weighted by molar-refractivity contribution is 0.101. The van der Waals surface area contributed by atoms with E-state index in [4.69, 9.17) is 0 Å². The summed E-state index contributed by atoms with van der Waals surface area (Å²) in [4.78, 5) is 33.1. The Morgan fingerprint density at radius 3 is 2.61 bits per heavy atom. The highest BCUT2D eigenvalue weighted by atomic mass is 32.1. The van der Waals surface area contributed by atoms with Gasteiger partial charge in [0.15, 0.2) is 10.9 Å². The number of Topliss-reactive ketones (excluding diaryl/α,β-unsaturated/α-hetero) is 1. The van der Waals surface area contributed by atoms with Crippen LogP contribution in [0.5, 0.6) is 0 Å². The van der Waals surface area contributed by atoms with Crippen molar-refractivity contribution in [2.75, 3.05) is 5.32 Å². The zero-order valence-electron chi connectivity index (χ0n) is 13.7. The van der Waals surface area contributed by atoms with Crippen LogP contribution in [0.3, 0.4) is 0 Å². The van der Waals surface area contributed by atoms with Crippen molar-refractivity contribution in [3.63, 3.8) is 0 Å². The van der Waals surface area contributed by atoms with E-state index in [0.29, 0.717) is 22.0 Å². The van der Waals surface area contributed by atoms with Crippen LogP contribution in [-0.4, -0.2) is 21.7 Å². The number of fused-ring (bicyclic) bond motifs is 1. The molecule has 0 spiro atoms. The molecule has 0 aromatic carbocycles. The third-order valence-corrected chi connectivity index (χ3v) is 5.41. The van der Waals surface area contributed by atoms with E-state index >= 15 is 0 Å². The number of hydrogen-bond acceptors (Lipinski definition) is 4. The van der Waals surface area contributed by atoms with Crippen molar-refractivity contribution >= 4 is 28.2 Å². The molecule has 23 heavy (non-hydrogen) atoms. The van der Waals surface area contributed by atoms with E-state index < -0.39 is 0 Å². The molecule has 0 saturated heterocycles. The number of rotatable bonds is 3. The highest BCUT2D eigenvalue weighted by molar-refractivity contribution is 7.15. The number of H-pyrrole nitrogens is 1. The first-order chi connectivity index (χ1) is 11.0. The van der Waals surface area contributed by atoms with E-state index in [1.165, 1.54) is 31.1 Å². The first-order valence-corrected chi connectivity index (χ1v) is 8.79. The van der Waals surface area contributed by atoms with Crippen molar-refractivity contribution in [2.45, 2.75) is 52.9 Å². The number of carbonyl (C=O) groups excluding carboxylic acids is 2. The summed E-state index contributed by atoms with van der Waals surface area (Å²) < 4.78 is 0. The third kappa shape index (κ3) is 3.08. The average molecular weight is 331 g/mol. The summed E-state index contributed by atoms with van der Waals surface area (Å²) >= 11 is 1.57. The third-order valence-electron chi connectivity index (χ3n) is 4.33. The number of hydrogen-bond donors (Lipinski definition) is 2. The second-order valence-corrected chi connectivity index (χ2v) is 7.17. The van der Waals surface area contributed by atoms with Gasteiger partial charge in [-0.2, -0.15) is 0 Å². The molecule has 1 aliphatic rings. The standard InChI is InChI=1S/C17H21N3O2S/c1-9-14(11(3)21)10(2)18-15(9)16(22)20-17-19-12-7-5-4-6-8-13(12)23-17/h18H,4-8H2,1-3H3,(H,19,20,22). The maximum absolute atomic E-state index is 12.5. The zero-order chi connectivity index (χ0) is 16.6. The van der Waals surface area contributed by atoms with Crippen LogP contribution in [0, 0.1) is 13.8 Å². The van der Waals surface area contributed by atoms with Gasteiger partial charge in [-0.05, 0) is 52.0 Å². The number of nitrogens with zero attached hydrogens (tertiary/aromatic N) is 1. The van der Waals surface area contributed by atoms with E-state index in [0.717, 1.165) is 24.2 Å². The summed E-state index contributed by atoms with van der Waals surface area (Å²) in [5.74, 6) is -0.265. The Hall–Kier alpha value is -1.95. The van der Waals surface area contributed by atoms with Crippen LogP contribution in [0.1, 0.15) is 68.9 Å². The molecule has 3 rings (SSSR count). The summed E-state index contributed by atoms with van der Waals surface area (Å²) in [7, 11) is 0. The van der Waals surface area contributed by atoms with Crippen LogP contribution >= 0.6 is 11.3 Å². The molecule has 0 unspecified atom stereocenters. The van der Waals surface area contributed by atoms with Gasteiger partial charge in [-0.3, -0.25) is 14.9 Å². The van der Waals surface area contributed by atoms with Crippen LogP contribution in [0.4, 0.5) is 5.13 Å². The number of aryl methyl sites for hydroxylation is 3. The SMILES string of the molecule is CC(=O)c1c(C)[nH]c(C(=O)Nc2nc3c(s2)CCCCC3)c1C. The smallest absolute Gasteiger partial charge is 0.274 e. The van der Waals surface area contributed by atoms with Gasteiger partial charge >= 0.3 is 0 Å². The number of thiazole rings is 1. The number of aromatic amines is 1. The van der Waals surface area contributed by atoms with Gasteiger partial charge in [0.1, 0.15) is 5.69 Å². The maximum atomic E-state index is 12.5. The minimum atomic E-state index is -0.234. The van der Waals surface area contributed by atoms with Gasteiger partial charge in [-0.25, -0.2) is 4.98 Å². The molecule has 2 N–H and O–H groups in total. The summed E-state index contributed by atoms with van der Waals surface area (Å²) in [6.07, 6.45) is 5.66. The molecule has 2 aromatic heterocycles. The number of aromatic nitrogens is 2. The highest BCUT2D eigenvalue weighted by Gasteiger charge is 2.21. The quantitative estimate of drug-likeness (QED) is 0.663. The summed E-state index contributed by atoms with van der Waals surface area (Å²) in [6.45, 7) is 5.13. The van der Waals surface area contributed by atoms with E-state index in [1.54, 1.807) is 18.3 Å². The number of anilines is 1. The Morgan fingerprint density at radius 1 is 1.17 bits per heavy atom. The number of amides is 1. The maximum Gasteiger partial charge on any atom is 0.274 e. The van der Waals surface area contributed by atoms with Crippen molar-refractivity contribution in [3.8, 4) is 0 Å². The molecule has 122 valence electrons. The Balaban J connectivity index is 1.83. The van der Waals surface area contributed by atoms with Gasteiger partial charge in [-0.15, -0.1) is 11.3 Å². The van der Waals surface area contributed by atoms with Crippen LogP contribution in [0.15, 0.2) is 0 Å². The molecule has 0 aliphatic heterocycles. The van der Waals surface area contributed by atoms with Crippen molar-refractivity contribution < 1.29 is 9.59 Å². The molecule has 0 saturated carbocycles. The van der Waals surface area contributed by atoms with E-state index in [9.17, 15) is 9.59 Å². The largest absolute Gasteiger partial charge is 0.354 e. The molecular formula is C17H21N3O2S. The average Bonchev–Trinajstić information content (AvgIpc) is 2.91. The second kappa shape index (κ2) is 6.28. The Bertz CT molecular complexity index is 750. The molecule has 6 heteroatoms. The molecule has 2 heterocycles. The van der Waals surface area contributed by atoms with Crippen molar-refractivity contribution in [1.82, 2.24) is 9.97 Å². The normalized spacial score (nSPS) is 14.2. The predicted molar refractivity (Wildman–Crippen MR) is 91.6 cm³/mol. The van der Waals surface area contributed by atoms with Gasteiger partial charge in [0.2, 0.25) is 0 Å². The number of carbonyl (C=O) groups is 2. The Labute approximate surface area is 139 Å². The van der Waals surface area contributed by atoms with Gasteiger partial charge < -0.3 is 4.98 Å². The highest BCUT2D eigenvalue weighted by Crippen LogP contribution is 2.29. The van der Waals surface area contributed by atoms with Gasteiger partial charge in [0.05, 0.1) is 5.69 Å². The fraction of sp³-hybridized carbons (Fsp3) is 0.471. The number of ketones is 1. The van der Waals surface area contributed by atoms with Crippen molar-refractivity contribution in [3.05, 3.63) is 33.1 Å². The molecule has 5 nitrogen and oxygen atoms in total. The van der Waals surface area contributed by atoms with Crippen LogP contribution in [0.2, 0.25) is 0 Å². The topological polar surface area (TPSA) is 74.8 Å². The molecule has 0 fully saturated rings. The molecule has 0 radical (unpaired) electrons. The van der Waals surface area contributed by atoms with E-state index in [-0.39, 0.29) is 11.7 Å². The van der Waals surface area contributed by atoms with Crippen LogP contribution in [0.25, 0.3) is 0 Å². The first-order valence-electron chi connectivity index (χ1n) is 7.97. The molecule has 0 atom stereocenters. The van der Waals surface area contributed by atoms with E-state index in [2.05, 4.69) is 15.3 Å². The molecular weight excluding hydrogens is 310 g/mol. The lowest BCUT2D eigenvalue weighted by atomic mass is 10.1. The lowest BCUT2D eigenvalue weighted by Crippen LogP contribution is -2.13. The fourth-order valence-corrected chi connectivity index (χ4v) is 4.29. The Kier molecular flexibility index (Phi) is 4.35. The Morgan fingerprint density at radius 2 is 1.91 bits per heavy atom. The van der Waals surface area contributed by atoms with Crippen molar-refractivity contribution in [2.24, 2.45) is 0 Å². The molecule has 0 bridgehead atoms. The molecule has 1 amide bonds. The second-order valence-electron chi connectivity index (χ2n) is 6.08. The van der Waals surface area contributed by atoms with Gasteiger partial charge in [0.25, 0.3) is 5.91 Å². The van der Waals surface area contributed by atoms with Crippen LogP contribution in [-0.2, 0) is 12.8 Å². The minimum Gasteiger partial charge on any atom is -0.354 e. The summed E-state index contributed by atoms with van der Waals surface area (Å²) in [5, 5.41) is 3.53. The lowest BCUT2D eigenvalue weighted by Gasteiger charge is -2.01. The fourth-order valence-electron chi connectivity index (χ4n) is 3.25. The van der Waals surface area contributed by atoms with Crippen molar-refractivity contribution in [1.29, 1.82) is 0 Å². The first kappa shape index (κ1) is 15.9. The number of nitrogens with one attached hydrogen (secondary N) is 2. The van der Waals surface area contributed by atoms with Gasteiger partial charge in [-0.1, -0.05) is 6.42 Å². The minimum absolute atomic E-state index is 0.0312.